The summed E-state index contributed by atoms with van der Waals surface area (Å²) in [6.07, 6.45) is 2.21. The maximum absolute atomic E-state index is 11.1. The molecule has 3 aromatic rings. The number of nitrogens with one attached hydrogen (secondary N) is 1. The van der Waals surface area contributed by atoms with E-state index < -0.39 is 5.97 Å². The molecule has 1 aliphatic heterocycles. The average Bonchev–Trinajstić information content (AvgIpc) is 2.99. The lowest BCUT2D eigenvalue weighted by molar-refractivity contribution is 0.0691. The van der Waals surface area contributed by atoms with Crippen molar-refractivity contribution in [2.45, 2.75) is 13.0 Å². The number of carbonyl (C=O) groups is 1. The van der Waals surface area contributed by atoms with Gasteiger partial charge in [-0.15, -0.1) is 0 Å². The van der Waals surface area contributed by atoms with E-state index in [1.54, 1.807) is 12.1 Å². The lowest BCUT2D eigenvalue weighted by Gasteiger charge is -2.30. The summed E-state index contributed by atoms with van der Waals surface area (Å²) in [7, 11) is 0. The molecule has 4 rings (SSSR count). The predicted molar refractivity (Wildman–Crippen MR) is 83.7 cm³/mol. The molecule has 2 aromatic heterocycles. The van der Waals surface area contributed by atoms with Crippen molar-refractivity contribution in [1.29, 1.82) is 0 Å². The van der Waals surface area contributed by atoms with Gasteiger partial charge >= 0.3 is 5.97 Å². The van der Waals surface area contributed by atoms with Gasteiger partial charge in [-0.1, -0.05) is 12.1 Å². The lowest BCUT2D eigenvalue weighted by atomic mass is 9.99. The zero-order valence-electron chi connectivity index (χ0n) is 12.2. The topological polar surface area (TPSA) is 102 Å². The van der Waals surface area contributed by atoms with Crippen molar-refractivity contribution < 1.29 is 15.0 Å². The van der Waals surface area contributed by atoms with Gasteiger partial charge in [0.25, 0.3) is 0 Å². The number of phenolic OH excluding ortho intramolecular Hbond substituents is 1. The van der Waals surface area contributed by atoms with Gasteiger partial charge in [0.15, 0.2) is 0 Å². The predicted octanol–water partition coefficient (Wildman–Crippen LogP) is 1.92. The SMILES string of the molecule is O=C(O)c1cc2c(N3CCc4cccc(O)c4C3)ncnc2[nH]1. The van der Waals surface area contributed by atoms with Crippen LogP contribution in [0.4, 0.5) is 5.82 Å². The van der Waals surface area contributed by atoms with Crippen molar-refractivity contribution in [3.05, 3.63) is 47.4 Å². The van der Waals surface area contributed by atoms with Gasteiger partial charge in [0, 0.05) is 18.7 Å². The molecule has 0 fully saturated rings. The molecule has 0 atom stereocenters. The van der Waals surface area contributed by atoms with Crippen LogP contribution < -0.4 is 4.90 Å². The van der Waals surface area contributed by atoms with Crippen LogP contribution in [0.15, 0.2) is 30.6 Å². The number of rotatable bonds is 2. The Balaban J connectivity index is 1.78. The van der Waals surface area contributed by atoms with Crippen molar-refractivity contribution in [1.82, 2.24) is 15.0 Å². The molecule has 7 nitrogen and oxygen atoms in total. The number of aromatic carboxylic acids is 1. The molecule has 1 aliphatic rings. The smallest absolute Gasteiger partial charge is 0.352 e. The van der Waals surface area contributed by atoms with E-state index in [1.807, 2.05) is 17.0 Å². The number of anilines is 1. The average molecular weight is 310 g/mol. The highest BCUT2D eigenvalue weighted by Gasteiger charge is 2.22. The van der Waals surface area contributed by atoms with Crippen molar-refractivity contribution in [2.24, 2.45) is 0 Å². The normalized spacial score (nSPS) is 14.0. The molecule has 0 bridgehead atoms. The summed E-state index contributed by atoms with van der Waals surface area (Å²) in [5.41, 5.74) is 2.60. The Morgan fingerprint density at radius 2 is 2.17 bits per heavy atom. The van der Waals surface area contributed by atoms with E-state index in [9.17, 15) is 9.90 Å². The lowest BCUT2D eigenvalue weighted by Crippen LogP contribution is -2.31. The molecule has 0 saturated carbocycles. The van der Waals surface area contributed by atoms with Crippen molar-refractivity contribution in [2.75, 3.05) is 11.4 Å². The molecule has 116 valence electrons. The maximum atomic E-state index is 11.1. The highest BCUT2D eigenvalue weighted by molar-refractivity contribution is 5.96. The second kappa shape index (κ2) is 4.98. The fourth-order valence-corrected chi connectivity index (χ4v) is 3.04. The number of aromatic amines is 1. The first kappa shape index (κ1) is 13.6. The quantitative estimate of drug-likeness (QED) is 0.668. The Bertz CT molecular complexity index is 919. The second-order valence-corrected chi connectivity index (χ2v) is 5.53. The van der Waals surface area contributed by atoms with Crippen LogP contribution in [0.1, 0.15) is 21.6 Å². The number of benzene rings is 1. The van der Waals surface area contributed by atoms with Crippen LogP contribution in [0.2, 0.25) is 0 Å². The molecule has 0 aliphatic carbocycles. The van der Waals surface area contributed by atoms with Crippen LogP contribution in [-0.2, 0) is 13.0 Å². The van der Waals surface area contributed by atoms with Crippen molar-refractivity contribution >= 4 is 22.8 Å². The third-order valence-corrected chi connectivity index (χ3v) is 4.18. The fraction of sp³-hybridized carbons (Fsp3) is 0.188. The number of aromatic hydroxyl groups is 1. The van der Waals surface area contributed by atoms with Gasteiger partial charge in [-0.2, -0.15) is 0 Å². The number of hydrogen-bond donors (Lipinski definition) is 3. The van der Waals surface area contributed by atoms with E-state index in [0.717, 1.165) is 24.1 Å². The molecule has 3 N–H and O–H groups in total. The highest BCUT2D eigenvalue weighted by atomic mass is 16.4. The second-order valence-electron chi connectivity index (χ2n) is 5.53. The summed E-state index contributed by atoms with van der Waals surface area (Å²) in [5, 5.41) is 19.9. The van der Waals surface area contributed by atoms with Crippen molar-refractivity contribution in [3.63, 3.8) is 0 Å². The fourth-order valence-electron chi connectivity index (χ4n) is 3.04. The van der Waals surface area contributed by atoms with Crippen molar-refractivity contribution in [3.8, 4) is 5.75 Å². The third kappa shape index (κ3) is 2.17. The van der Waals surface area contributed by atoms with E-state index >= 15 is 0 Å². The number of hydrogen-bond acceptors (Lipinski definition) is 5. The van der Waals surface area contributed by atoms with E-state index in [-0.39, 0.29) is 11.4 Å². The van der Waals surface area contributed by atoms with Crippen LogP contribution in [0.3, 0.4) is 0 Å². The number of nitrogens with zero attached hydrogens (tertiary/aromatic N) is 3. The number of carboxylic acid groups (broad SMARTS) is 1. The Morgan fingerprint density at radius 3 is 3.00 bits per heavy atom. The molecule has 0 saturated heterocycles. The number of phenols is 1. The van der Waals surface area contributed by atoms with Gasteiger partial charge in [-0.05, 0) is 24.1 Å². The first-order chi connectivity index (χ1) is 11.1. The number of fused-ring (bicyclic) bond motifs is 2. The zero-order chi connectivity index (χ0) is 16.0. The Morgan fingerprint density at radius 1 is 1.30 bits per heavy atom. The Labute approximate surface area is 131 Å². The highest BCUT2D eigenvalue weighted by Crippen LogP contribution is 2.32. The monoisotopic (exact) mass is 310 g/mol. The van der Waals surface area contributed by atoms with Crippen LogP contribution in [0.5, 0.6) is 5.75 Å². The van der Waals surface area contributed by atoms with Gasteiger partial charge in [0.1, 0.15) is 29.2 Å². The zero-order valence-corrected chi connectivity index (χ0v) is 12.2. The van der Waals surface area contributed by atoms with Gasteiger partial charge in [-0.3, -0.25) is 0 Å². The minimum Gasteiger partial charge on any atom is -0.508 e. The molecule has 1 aromatic carbocycles. The third-order valence-electron chi connectivity index (χ3n) is 4.18. The van der Waals surface area contributed by atoms with E-state index in [2.05, 4.69) is 15.0 Å². The molecule has 3 heterocycles. The Kier molecular flexibility index (Phi) is 2.94. The first-order valence-electron chi connectivity index (χ1n) is 7.25. The molecule has 0 radical (unpaired) electrons. The van der Waals surface area contributed by atoms with Crippen LogP contribution in [0, 0.1) is 0 Å². The number of carboxylic acids is 1. The number of H-pyrrole nitrogens is 1. The first-order valence-corrected chi connectivity index (χ1v) is 7.25. The largest absolute Gasteiger partial charge is 0.508 e. The summed E-state index contributed by atoms with van der Waals surface area (Å²) in [5.74, 6) is -0.0824. The summed E-state index contributed by atoms with van der Waals surface area (Å²) in [6, 6.07) is 7.09. The van der Waals surface area contributed by atoms with Gasteiger partial charge in [0.2, 0.25) is 0 Å². The molecular formula is C16H14N4O3. The molecule has 7 heteroatoms. The minimum absolute atomic E-state index is 0.0852. The summed E-state index contributed by atoms with van der Waals surface area (Å²) in [4.78, 5) is 24.4. The van der Waals surface area contributed by atoms with Crippen LogP contribution >= 0.6 is 0 Å². The standard InChI is InChI=1S/C16H14N4O3/c21-13-3-1-2-9-4-5-20(7-11(9)13)15-10-6-12(16(22)23)19-14(10)17-8-18-15/h1-3,6,8,21H,4-5,7H2,(H,22,23)(H,17,18,19). The minimum atomic E-state index is -1.03. The molecule has 0 amide bonds. The molecule has 0 unspecified atom stereocenters. The summed E-state index contributed by atoms with van der Waals surface area (Å²) in [6.45, 7) is 1.28. The molecule has 0 spiro atoms. The summed E-state index contributed by atoms with van der Waals surface area (Å²) >= 11 is 0. The molecule has 23 heavy (non-hydrogen) atoms. The van der Waals surface area contributed by atoms with E-state index in [0.29, 0.717) is 23.4 Å². The van der Waals surface area contributed by atoms with Crippen LogP contribution in [0.25, 0.3) is 11.0 Å². The van der Waals surface area contributed by atoms with E-state index in [1.165, 1.54) is 6.33 Å². The van der Waals surface area contributed by atoms with Gasteiger partial charge in [0.05, 0.1) is 5.39 Å². The molecular weight excluding hydrogens is 296 g/mol. The number of aromatic nitrogens is 3. The van der Waals surface area contributed by atoms with Crippen LogP contribution in [-0.4, -0.2) is 37.7 Å². The van der Waals surface area contributed by atoms with Gasteiger partial charge < -0.3 is 20.1 Å². The summed E-state index contributed by atoms with van der Waals surface area (Å²) < 4.78 is 0. The van der Waals surface area contributed by atoms with E-state index in [4.69, 9.17) is 5.11 Å². The maximum Gasteiger partial charge on any atom is 0.352 e. The van der Waals surface area contributed by atoms with Gasteiger partial charge in [-0.25, -0.2) is 14.8 Å². The Hall–Kier alpha value is -3.09.